The fourth-order valence-electron chi connectivity index (χ4n) is 3.32. The highest BCUT2D eigenvalue weighted by molar-refractivity contribution is 5.80. The lowest BCUT2D eigenvalue weighted by atomic mass is 9.91. The Labute approximate surface area is 132 Å². The molecule has 0 spiro atoms. The Morgan fingerprint density at radius 1 is 1.32 bits per heavy atom. The topological polar surface area (TPSA) is 64.3 Å². The van der Waals surface area contributed by atoms with E-state index < -0.39 is 5.41 Å². The Bertz CT molecular complexity index is 581. The molecule has 120 valence electrons. The summed E-state index contributed by atoms with van der Waals surface area (Å²) in [5.74, 6) is 0.756. The zero-order valence-electron chi connectivity index (χ0n) is 13.6. The first-order valence-electron chi connectivity index (χ1n) is 8.29. The van der Waals surface area contributed by atoms with E-state index in [0.29, 0.717) is 6.54 Å². The zero-order chi connectivity index (χ0) is 15.7. The van der Waals surface area contributed by atoms with Crippen molar-refractivity contribution in [3.8, 4) is 5.75 Å². The number of carbonyl (C=O) groups excluding carboxylic acids is 1. The zero-order valence-corrected chi connectivity index (χ0v) is 13.6. The molecule has 3 rings (SSSR count). The molecule has 0 saturated carbocycles. The number of aryl methyl sites for hydroxylation is 2. The van der Waals surface area contributed by atoms with E-state index in [1.54, 1.807) is 0 Å². The lowest BCUT2D eigenvalue weighted by Gasteiger charge is -2.26. The molecule has 1 unspecified atom stereocenters. The summed E-state index contributed by atoms with van der Waals surface area (Å²) in [6.07, 6.45) is 5.63. The predicted molar refractivity (Wildman–Crippen MR) is 86.9 cm³/mol. The molecule has 0 saturated heterocycles. The molecule has 1 aliphatic carbocycles. The van der Waals surface area contributed by atoms with Gasteiger partial charge in [-0.05, 0) is 63.1 Å². The maximum Gasteiger partial charge on any atom is 0.224 e. The summed E-state index contributed by atoms with van der Waals surface area (Å²) in [4.78, 5) is 11.5. The second kappa shape index (κ2) is 5.92. The van der Waals surface area contributed by atoms with Gasteiger partial charge in [0.25, 0.3) is 0 Å². The normalized spacial score (nSPS) is 20.7. The van der Waals surface area contributed by atoms with Gasteiger partial charge in [-0.15, -0.1) is 0 Å². The first kappa shape index (κ1) is 15.3. The number of hydrogen-bond donors (Lipinski definition) is 2. The van der Waals surface area contributed by atoms with E-state index in [0.717, 1.165) is 25.2 Å². The van der Waals surface area contributed by atoms with Gasteiger partial charge in [0.2, 0.25) is 5.91 Å². The Morgan fingerprint density at radius 3 is 2.77 bits per heavy atom. The average Bonchev–Trinajstić information content (AvgIpc) is 2.83. The summed E-state index contributed by atoms with van der Waals surface area (Å²) in [6.45, 7) is 5.13. The molecule has 1 aromatic carbocycles. The van der Waals surface area contributed by atoms with Gasteiger partial charge in [0.1, 0.15) is 5.75 Å². The van der Waals surface area contributed by atoms with Crippen LogP contribution in [0.5, 0.6) is 5.75 Å². The Balaban J connectivity index is 1.83. The van der Waals surface area contributed by atoms with Crippen LogP contribution < -0.4 is 15.8 Å². The smallest absolute Gasteiger partial charge is 0.224 e. The number of primary amides is 1. The van der Waals surface area contributed by atoms with Crippen LogP contribution in [0.3, 0.4) is 0 Å². The molecule has 1 amide bonds. The van der Waals surface area contributed by atoms with Crippen LogP contribution in [0.4, 0.5) is 0 Å². The lowest BCUT2D eigenvalue weighted by Crippen LogP contribution is -2.41. The fourth-order valence-corrected chi connectivity index (χ4v) is 3.32. The van der Waals surface area contributed by atoms with Crippen molar-refractivity contribution < 1.29 is 9.53 Å². The van der Waals surface area contributed by atoms with Gasteiger partial charge in [-0.25, -0.2) is 0 Å². The van der Waals surface area contributed by atoms with Crippen molar-refractivity contribution in [2.75, 3.05) is 13.2 Å². The number of carbonyl (C=O) groups is 1. The van der Waals surface area contributed by atoms with Crippen LogP contribution in [0, 0.1) is 5.41 Å². The van der Waals surface area contributed by atoms with Crippen molar-refractivity contribution in [3.63, 3.8) is 0 Å². The van der Waals surface area contributed by atoms with Crippen molar-refractivity contribution in [2.24, 2.45) is 11.1 Å². The van der Waals surface area contributed by atoms with E-state index in [1.165, 1.54) is 36.0 Å². The minimum atomic E-state index is -0.538. The van der Waals surface area contributed by atoms with Crippen LogP contribution in [-0.4, -0.2) is 19.1 Å². The minimum absolute atomic E-state index is 0.238. The van der Waals surface area contributed by atoms with Gasteiger partial charge < -0.3 is 15.8 Å². The quantitative estimate of drug-likeness (QED) is 0.898. The van der Waals surface area contributed by atoms with E-state index in [9.17, 15) is 4.79 Å². The highest BCUT2D eigenvalue weighted by Gasteiger charge is 2.28. The summed E-state index contributed by atoms with van der Waals surface area (Å²) in [7, 11) is 0. The summed E-state index contributed by atoms with van der Waals surface area (Å²) in [5, 5.41) is 3.55. The predicted octanol–water partition coefficient (Wildman–Crippen LogP) is 2.49. The van der Waals surface area contributed by atoms with Gasteiger partial charge in [-0.3, -0.25) is 4.79 Å². The Morgan fingerprint density at radius 2 is 2.05 bits per heavy atom. The summed E-state index contributed by atoms with van der Waals surface area (Å²) in [5.41, 5.74) is 9.10. The summed E-state index contributed by atoms with van der Waals surface area (Å²) >= 11 is 0. The van der Waals surface area contributed by atoms with E-state index in [-0.39, 0.29) is 11.9 Å². The number of fused-ring (bicyclic) bond motifs is 2. The van der Waals surface area contributed by atoms with E-state index in [2.05, 4.69) is 17.4 Å². The molecule has 1 atom stereocenters. The minimum Gasteiger partial charge on any atom is -0.493 e. The number of nitrogens with one attached hydrogen (secondary N) is 1. The van der Waals surface area contributed by atoms with E-state index >= 15 is 0 Å². The van der Waals surface area contributed by atoms with Crippen molar-refractivity contribution in [3.05, 3.63) is 28.8 Å². The molecule has 0 radical (unpaired) electrons. The van der Waals surface area contributed by atoms with Gasteiger partial charge in [0, 0.05) is 18.2 Å². The maximum absolute atomic E-state index is 11.5. The molecule has 1 aromatic rings. The van der Waals surface area contributed by atoms with Gasteiger partial charge in [-0.1, -0.05) is 6.07 Å². The second-order valence-electron chi connectivity index (χ2n) is 7.18. The first-order chi connectivity index (χ1) is 10.5. The monoisotopic (exact) mass is 302 g/mol. The van der Waals surface area contributed by atoms with Crippen LogP contribution in [0.15, 0.2) is 12.1 Å². The first-order valence-corrected chi connectivity index (χ1v) is 8.29. The standard InChI is InChI=1S/C18H26N2O2/c1-18(2,17(19)21)11-20-15-7-4-8-22-16-10-13-6-3-5-12(13)9-14(15)16/h9-10,15,20H,3-8,11H2,1-2H3,(H2,19,21). The molecule has 3 N–H and O–H groups in total. The molecule has 4 nitrogen and oxygen atoms in total. The second-order valence-corrected chi connectivity index (χ2v) is 7.18. The third kappa shape index (κ3) is 2.98. The van der Waals surface area contributed by atoms with Crippen LogP contribution >= 0.6 is 0 Å². The van der Waals surface area contributed by atoms with Crippen LogP contribution in [0.25, 0.3) is 0 Å². The Kier molecular flexibility index (Phi) is 4.13. The average molecular weight is 302 g/mol. The van der Waals surface area contributed by atoms with Crippen LogP contribution in [0.1, 0.15) is 55.8 Å². The number of rotatable bonds is 4. The number of ether oxygens (including phenoxy) is 1. The summed E-state index contributed by atoms with van der Waals surface area (Å²) < 4.78 is 5.95. The molecule has 22 heavy (non-hydrogen) atoms. The van der Waals surface area contributed by atoms with Crippen molar-refractivity contribution in [1.82, 2.24) is 5.32 Å². The van der Waals surface area contributed by atoms with Gasteiger partial charge >= 0.3 is 0 Å². The largest absolute Gasteiger partial charge is 0.493 e. The van der Waals surface area contributed by atoms with Crippen LogP contribution in [0.2, 0.25) is 0 Å². The van der Waals surface area contributed by atoms with Crippen molar-refractivity contribution in [1.29, 1.82) is 0 Å². The van der Waals surface area contributed by atoms with Gasteiger partial charge in [-0.2, -0.15) is 0 Å². The highest BCUT2D eigenvalue weighted by Crippen LogP contribution is 2.37. The van der Waals surface area contributed by atoms with Crippen molar-refractivity contribution in [2.45, 2.75) is 52.0 Å². The fraction of sp³-hybridized carbons (Fsp3) is 0.611. The Hall–Kier alpha value is -1.55. The molecule has 0 bridgehead atoms. The van der Waals surface area contributed by atoms with E-state index in [4.69, 9.17) is 10.5 Å². The van der Waals surface area contributed by atoms with Crippen LogP contribution in [-0.2, 0) is 17.6 Å². The molecule has 0 aromatic heterocycles. The SMILES string of the molecule is CC(C)(CNC1CCCOc2cc3c(cc21)CCC3)C(N)=O. The number of nitrogens with two attached hydrogens (primary N) is 1. The molecule has 1 aliphatic heterocycles. The van der Waals surface area contributed by atoms with E-state index in [1.807, 2.05) is 13.8 Å². The maximum atomic E-state index is 11.5. The molecular formula is C18H26N2O2. The summed E-state index contributed by atoms with van der Waals surface area (Å²) in [6, 6.07) is 4.79. The number of benzene rings is 1. The third-order valence-corrected chi connectivity index (χ3v) is 4.95. The molecule has 2 aliphatic rings. The number of hydrogen-bond acceptors (Lipinski definition) is 3. The molecule has 4 heteroatoms. The van der Waals surface area contributed by atoms with Crippen molar-refractivity contribution >= 4 is 5.91 Å². The third-order valence-electron chi connectivity index (χ3n) is 4.95. The molecule has 0 fully saturated rings. The van der Waals surface area contributed by atoms with Gasteiger partial charge in [0.05, 0.1) is 12.0 Å². The van der Waals surface area contributed by atoms with Gasteiger partial charge in [0.15, 0.2) is 0 Å². The molecule has 1 heterocycles. The highest BCUT2D eigenvalue weighted by atomic mass is 16.5. The molecular weight excluding hydrogens is 276 g/mol. The number of amides is 1. The lowest BCUT2D eigenvalue weighted by molar-refractivity contribution is -0.125.